The van der Waals surface area contributed by atoms with Gasteiger partial charge in [0.2, 0.25) is 5.91 Å². The lowest BCUT2D eigenvalue weighted by Crippen LogP contribution is -2.49. The van der Waals surface area contributed by atoms with Gasteiger partial charge < -0.3 is 19.5 Å². The molecular formula is C20H29NO6. The maximum absolute atomic E-state index is 13.0. The summed E-state index contributed by atoms with van der Waals surface area (Å²) in [5.41, 5.74) is 0.140. The largest absolute Gasteiger partial charge is 0.467 e. The molecule has 0 aliphatic carbocycles. The van der Waals surface area contributed by atoms with Crippen LogP contribution in [0.2, 0.25) is 0 Å². The fourth-order valence-electron chi connectivity index (χ4n) is 2.56. The van der Waals surface area contributed by atoms with Crippen molar-refractivity contribution in [3.63, 3.8) is 0 Å². The Morgan fingerprint density at radius 1 is 1.15 bits per heavy atom. The first kappa shape index (κ1) is 22.6. The molecule has 0 unspecified atom stereocenters. The molecule has 27 heavy (non-hydrogen) atoms. The molecule has 0 aliphatic heterocycles. The third-order valence-electron chi connectivity index (χ3n) is 3.82. The van der Waals surface area contributed by atoms with Gasteiger partial charge in [-0.05, 0) is 26.3 Å². The Bertz CT molecular complexity index is 638. The summed E-state index contributed by atoms with van der Waals surface area (Å²) < 4.78 is 9.98. The van der Waals surface area contributed by atoms with Crippen molar-refractivity contribution in [1.29, 1.82) is 0 Å². The number of hydrogen-bond acceptors (Lipinski definition) is 6. The lowest BCUT2D eigenvalue weighted by molar-refractivity contribution is -0.161. The van der Waals surface area contributed by atoms with Crippen LogP contribution in [0.25, 0.3) is 0 Å². The monoisotopic (exact) mass is 379 g/mol. The van der Waals surface area contributed by atoms with Crippen LogP contribution in [-0.2, 0) is 30.4 Å². The van der Waals surface area contributed by atoms with Crippen molar-refractivity contribution in [2.45, 2.75) is 52.3 Å². The van der Waals surface area contributed by atoms with Gasteiger partial charge in [-0.1, -0.05) is 37.3 Å². The second-order valence-electron chi connectivity index (χ2n) is 7.36. The Morgan fingerprint density at radius 2 is 1.74 bits per heavy atom. The molecule has 0 heterocycles. The molecule has 7 heteroatoms. The highest BCUT2D eigenvalue weighted by Crippen LogP contribution is 2.18. The molecule has 150 valence electrons. The quantitative estimate of drug-likeness (QED) is 0.694. The highest BCUT2D eigenvalue weighted by molar-refractivity contribution is 5.88. The van der Waals surface area contributed by atoms with Gasteiger partial charge in [0.1, 0.15) is 5.60 Å². The number of methoxy groups -OCH3 is 1. The van der Waals surface area contributed by atoms with Crippen LogP contribution >= 0.6 is 0 Å². The number of hydrogen-bond donors (Lipinski definition) is 1. The fraction of sp³-hybridized carbons (Fsp3) is 0.550. The van der Waals surface area contributed by atoms with Gasteiger partial charge in [-0.25, -0.2) is 4.79 Å². The van der Waals surface area contributed by atoms with Crippen LogP contribution in [0.3, 0.4) is 0 Å². The van der Waals surface area contributed by atoms with Gasteiger partial charge in [-0.3, -0.25) is 9.59 Å². The number of aliphatic hydroxyl groups is 1. The highest BCUT2D eigenvalue weighted by Gasteiger charge is 2.34. The molecule has 0 radical (unpaired) electrons. The third kappa shape index (κ3) is 7.38. The van der Waals surface area contributed by atoms with Crippen molar-refractivity contribution in [2.75, 3.05) is 13.7 Å². The van der Waals surface area contributed by atoms with E-state index < -0.39 is 42.0 Å². The van der Waals surface area contributed by atoms with Crippen molar-refractivity contribution >= 4 is 17.8 Å². The van der Waals surface area contributed by atoms with Crippen molar-refractivity contribution in [2.24, 2.45) is 5.92 Å². The standard InChI is InChI=1S/C20H29NO6/c1-14(11-17(23)27-20(2,3)4)18(24)21(16(13-22)19(25)26-5)12-15-9-7-6-8-10-15/h6-10,14,16,22H,11-13H2,1-5H3/t14-,16-/m1/s1. The lowest BCUT2D eigenvalue weighted by atomic mass is 10.0. The molecule has 0 spiro atoms. The van der Waals surface area contributed by atoms with E-state index in [1.807, 2.05) is 30.3 Å². The predicted molar refractivity (Wildman–Crippen MR) is 99.5 cm³/mol. The van der Waals surface area contributed by atoms with Gasteiger partial charge in [-0.15, -0.1) is 0 Å². The Hall–Kier alpha value is -2.41. The summed E-state index contributed by atoms with van der Waals surface area (Å²) in [4.78, 5) is 38.3. The second kappa shape index (κ2) is 10.1. The molecular weight excluding hydrogens is 350 g/mol. The smallest absolute Gasteiger partial charge is 0.331 e. The number of amides is 1. The molecule has 0 saturated heterocycles. The Labute approximate surface area is 160 Å². The van der Waals surface area contributed by atoms with E-state index in [2.05, 4.69) is 0 Å². The normalized spacial score (nSPS) is 13.4. The van der Waals surface area contributed by atoms with E-state index >= 15 is 0 Å². The number of aliphatic hydroxyl groups excluding tert-OH is 1. The van der Waals surface area contributed by atoms with E-state index in [4.69, 9.17) is 9.47 Å². The first-order valence-corrected chi connectivity index (χ1v) is 8.84. The summed E-state index contributed by atoms with van der Waals surface area (Å²) in [5, 5.41) is 9.66. The molecule has 0 aromatic heterocycles. The van der Waals surface area contributed by atoms with Gasteiger partial charge in [0.15, 0.2) is 6.04 Å². The zero-order valence-corrected chi connectivity index (χ0v) is 16.6. The van der Waals surface area contributed by atoms with Crippen molar-refractivity contribution in [3.05, 3.63) is 35.9 Å². The van der Waals surface area contributed by atoms with Crippen LogP contribution < -0.4 is 0 Å². The number of benzene rings is 1. The number of carbonyl (C=O) groups excluding carboxylic acids is 3. The van der Waals surface area contributed by atoms with E-state index in [-0.39, 0.29) is 13.0 Å². The van der Waals surface area contributed by atoms with E-state index in [1.165, 1.54) is 12.0 Å². The highest BCUT2D eigenvalue weighted by atomic mass is 16.6. The van der Waals surface area contributed by atoms with Crippen LogP contribution in [0, 0.1) is 5.92 Å². The second-order valence-corrected chi connectivity index (χ2v) is 7.36. The van der Waals surface area contributed by atoms with Crippen LogP contribution in [0.1, 0.15) is 39.7 Å². The first-order chi connectivity index (χ1) is 12.6. The summed E-state index contributed by atoms with van der Waals surface area (Å²) in [6, 6.07) is 7.94. The zero-order valence-electron chi connectivity index (χ0n) is 16.6. The molecule has 2 atom stereocenters. The summed E-state index contributed by atoms with van der Waals surface area (Å²) in [6.45, 7) is 6.37. The minimum Gasteiger partial charge on any atom is -0.467 e. The molecule has 0 aliphatic rings. The third-order valence-corrected chi connectivity index (χ3v) is 3.82. The molecule has 1 amide bonds. The number of esters is 2. The summed E-state index contributed by atoms with van der Waals surface area (Å²) in [5.74, 6) is -2.37. The topological polar surface area (TPSA) is 93.1 Å². The van der Waals surface area contributed by atoms with Crippen LogP contribution in [0.5, 0.6) is 0 Å². The van der Waals surface area contributed by atoms with Crippen LogP contribution in [-0.4, -0.2) is 53.2 Å². The van der Waals surface area contributed by atoms with Crippen LogP contribution in [0.4, 0.5) is 0 Å². The van der Waals surface area contributed by atoms with Crippen LogP contribution in [0.15, 0.2) is 30.3 Å². The first-order valence-electron chi connectivity index (χ1n) is 8.84. The Balaban J connectivity index is 3.00. The molecule has 1 aromatic carbocycles. The molecule has 7 nitrogen and oxygen atoms in total. The maximum atomic E-state index is 13.0. The van der Waals surface area contributed by atoms with Gasteiger partial charge in [-0.2, -0.15) is 0 Å². The fourth-order valence-corrected chi connectivity index (χ4v) is 2.56. The van der Waals surface area contributed by atoms with Gasteiger partial charge >= 0.3 is 11.9 Å². The van der Waals surface area contributed by atoms with Crippen molar-refractivity contribution in [1.82, 2.24) is 4.90 Å². The van der Waals surface area contributed by atoms with Gasteiger partial charge in [0.25, 0.3) is 0 Å². The van der Waals surface area contributed by atoms with Gasteiger partial charge in [0.05, 0.1) is 20.1 Å². The average Bonchev–Trinajstić information content (AvgIpc) is 2.59. The van der Waals surface area contributed by atoms with Crippen molar-refractivity contribution < 1.29 is 29.0 Å². The van der Waals surface area contributed by atoms with Crippen molar-refractivity contribution in [3.8, 4) is 0 Å². The number of rotatable bonds is 8. The van der Waals surface area contributed by atoms with E-state index in [0.717, 1.165) is 5.56 Å². The predicted octanol–water partition coefficient (Wildman–Crippen LogP) is 1.92. The summed E-state index contributed by atoms with van der Waals surface area (Å²) in [6.07, 6.45) is -0.124. The molecule has 1 N–H and O–H groups in total. The molecule has 0 bridgehead atoms. The van der Waals surface area contributed by atoms with E-state index in [0.29, 0.717) is 0 Å². The summed E-state index contributed by atoms with van der Waals surface area (Å²) >= 11 is 0. The summed E-state index contributed by atoms with van der Waals surface area (Å²) in [7, 11) is 1.19. The SMILES string of the molecule is COC(=O)[C@@H](CO)N(Cc1ccccc1)C(=O)[C@H](C)CC(=O)OC(C)(C)C. The minimum atomic E-state index is -1.15. The molecule has 0 saturated carbocycles. The minimum absolute atomic E-state index is 0.110. The molecule has 1 aromatic rings. The maximum Gasteiger partial charge on any atom is 0.331 e. The van der Waals surface area contributed by atoms with E-state index in [1.54, 1.807) is 27.7 Å². The average molecular weight is 379 g/mol. The Kier molecular flexibility index (Phi) is 8.43. The lowest BCUT2D eigenvalue weighted by Gasteiger charge is -2.31. The van der Waals surface area contributed by atoms with Gasteiger partial charge in [0, 0.05) is 12.5 Å². The number of carbonyl (C=O) groups is 3. The molecule has 0 fully saturated rings. The number of ether oxygens (including phenoxy) is 2. The Morgan fingerprint density at radius 3 is 2.22 bits per heavy atom. The zero-order chi connectivity index (χ0) is 20.6. The molecule has 1 rings (SSSR count). The number of nitrogens with zero attached hydrogens (tertiary/aromatic N) is 1. The van der Waals surface area contributed by atoms with E-state index in [9.17, 15) is 19.5 Å².